The second-order valence-electron chi connectivity index (χ2n) is 4.39. The summed E-state index contributed by atoms with van der Waals surface area (Å²) in [4.78, 5) is 11.5. The number of ether oxygens (including phenoxy) is 1. The Morgan fingerprint density at radius 1 is 1.38 bits per heavy atom. The summed E-state index contributed by atoms with van der Waals surface area (Å²) in [7, 11) is 0. The molecule has 0 aliphatic carbocycles. The van der Waals surface area contributed by atoms with Gasteiger partial charge >= 0.3 is 6.09 Å². The average Bonchev–Trinajstić information content (AvgIpc) is 2.58. The molecule has 0 unspecified atom stereocenters. The number of carbonyl (C=O) groups excluding carboxylic acids is 1. The van der Waals surface area contributed by atoms with Crippen LogP contribution in [-0.4, -0.2) is 11.7 Å². The fourth-order valence-corrected chi connectivity index (χ4v) is 3.23. The molecule has 2 heterocycles. The van der Waals surface area contributed by atoms with E-state index in [4.69, 9.17) is 4.74 Å². The topological polar surface area (TPSA) is 38.3 Å². The third-order valence-electron chi connectivity index (χ3n) is 1.76. The lowest BCUT2D eigenvalue weighted by molar-refractivity contribution is 0.0636. The first-order valence-electron chi connectivity index (χ1n) is 4.91. The summed E-state index contributed by atoms with van der Waals surface area (Å²) in [5.41, 5.74) is -0.460. The number of nitrogens with one attached hydrogen (secondary N) is 1. The van der Waals surface area contributed by atoms with Gasteiger partial charge in [0.2, 0.25) is 0 Å². The zero-order chi connectivity index (χ0) is 11.8. The van der Waals surface area contributed by atoms with Crippen molar-refractivity contribution in [1.82, 2.24) is 0 Å². The zero-order valence-electron chi connectivity index (χ0n) is 9.37. The molecule has 16 heavy (non-hydrogen) atoms. The van der Waals surface area contributed by atoms with Gasteiger partial charge in [0.05, 0.1) is 5.00 Å². The predicted octanol–water partition coefficient (Wildman–Crippen LogP) is 4.31. The Labute approximate surface area is 102 Å². The maximum atomic E-state index is 11.5. The van der Waals surface area contributed by atoms with Crippen LogP contribution in [0.3, 0.4) is 0 Å². The Hall–Kier alpha value is -1.07. The van der Waals surface area contributed by atoms with E-state index < -0.39 is 11.7 Å². The van der Waals surface area contributed by atoms with Crippen molar-refractivity contribution in [3.05, 3.63) is 17.5 Å². The molecule has 2 aromatic heterocycles. The van der Waals surface area contributed by atoms with Crippen molar-refractivity contribution in [2.45, 2.75) is 26.4 Å². The Kier molecular flexibility index (Phi) is 2.90. The Balaban J connectivity index is 2.05. The third kappa shape index (κ3) is 2.74. The number of hydrogen-bond acceptors (Lipinski definition) is 4. The van der Waals surface area contributed by atoms with Gasteiger partial charge in [-0.1, -0.05) is 0 Å². The number of carbonyl (C=O) groups is 1. The van der Waals surface area contributed by atoms with Gasteiger partial charge < -0.3 is 4.74 Å². The molecular weight excluding hydrogens is 242 g/mol. The summed E-state index contributed by atoms with van der Waals surface area (Å²) >= 11 is 3.22. The first kappa shape index (κ1) is 11.4. The monoisotopic (exact) mass is 255 g/mol. The fraction of sp³-hybridized carbons (Fsp3) is 0.364. The Morgan fingerprint density at radius 2 is 2.12 bits per heavy atom. The van der Waals surface area contributed by atoms with Gasteiger partial charge in [-0.05, 0) is 38.3 Å². The van der Waals surface area contributed by atoms with Crippen LogP contribution in [0.5, 0.6) is 0 Å². The van der Waals surface area contributed by atoms with Crippen molar-refractivity contribution in [2.75, 3.05) is 5.32 Å². The minimum atomic E-state index is -0.460. The molecule has 0 radical (unpaired) electrons. The summed E-state index contributed by atoms with van der Waals surface area (Å²) in [6, 6.07) is 4.01. The minimum absolute atomic E-state index is 0.401. The molecule has 0 saturated carbocycles. The van der Waals surface area contributed by atoms with Gasteiger partial charge in [-0.15, -0.1) is 22.7 Å². The first-order valence-corrected chi connectivity index (χ1v) is 6.61. The predicted molar refractivity (Wildman–Crippen MR) is 69.6 cm³/mol. The molecule has 0 aromatic carbocycles. The standard InChI is InChI=1S/C11H13NO2S2/c1-11(2,3)14-10(13)12-9-6-8-7(16-9)4-5-15-8/h4-6H,1-3H3,(H,12,13). The van der Waals surface area contributed by atoms with Crippen molar-refractivity contribution in [2.24, 2.45) is 0 Å². The van der Waals surface area contributed by atoms with Crippen molar-refractivity contribution >= 4 is 43.2 Å². The van der Waals surface area contributed by atoms with E-state index in [1.807, 2.05) is 38.3 Å². The molecule has 0 aliphatic rings. The Bertz CT molecular complexity index is 479. The van der Waals surface area contributed by atoms with E-state index in [2.05, 4.69) is 5.32 Å². The lowest BCUT2D eigenvalue weighted by Crippen LogP contribution is -2.26. The summed E-state index contributed by atoms with van der Waals surface area (Å²) in [6.45, 7) is 5.54. The molecular formula is C11H13NO2S2. The van der Waals surface area contributed by atoms with Crippen LogP contribution in [0.2, 0.25) is 0 Å². The molecule has 0 saturated heterocycles. The van der Waals surface area contributed by atoms with E-state index in [9.17, 15) is 4.79 Å². The van der Waals surface area contributed by atoms with Crippen molar-refractivity contribution < 1.29 is 9.53 Å². The van der Waals surface area contributed by atoms with E-state index in [1.165, 1.54) is 9.40 Å². The molecule has 86 valence electrons. The number of amides is 1. The number of fused-ring (bicyclic) bond motifs is 1. The van der Waals surface area contributed by atoms with Crippen LogP contribution in [0.15, 0.2) is 17.5 Å². The molecule has 0 spiro atoms. The molecule has 0 bridgehead atoms. The van der Waals surface area contributed by atoms with Crippen LogP contribution < -0.4 is 5.32 Å². The van der Waals surface area contributed by atoms with Gasteiger partial charge in [-0.2, -0.15) is 0 Å². The molecule has 1 N–H and O–H groups in total. The van der Waals surface area contributed by atoms with Gasteiger partial charge in [-0.3, -0.25) is 5.32 Å². The minimum Gasteiger partial charge on any atom is -0.444 e. The lowest BCUT2D eigenvalue weighted by atomic mass is 10.2. The van der Waals surface area contributed by atoms with Gasteiger partial charge in [0.1, 0.15) is 5.60 Å². The maximum Gasteiger partial charge on any atom is 0.412 e. The normalized spacial score (nSPS) is 11.7. The highest BCUT2D eigenvalue weighted by molar-refractivity contribution is 7.29. The van der Waals surface area contributed by atoms with Crippen LogP contribution in [-0.2, 0) is 4.74 Å². The van der Waals surface area contributed by atoms with Gasteiger partial charge in [0.25, 0.3) is 0 Å². The van der Waals surface area contributed by atoms with Gasteiger partial charge in [-0.25, -0.2) is 4.79 Å². The molecule has 5 heteroatoms. The van der Waals surface area contributed by atoms with Crippen molar-refractivity contribution in [1.29, 1.82) is 0 Å². The largest absolute Gasteiger partial charge is 0.444 e. The van der Waals surface area contributed by atoms with Crippen LogP contribution in [0.1, 0.15) is 20.8 Å². The fourth-order valence-electron chi connectivity index (χ4n) is 1.23. The number of anilines is 1. The van der Waals surface area contributed by atoms with E-state index >= 15 is 0 Å². The van der Waals surface area contributed by atoms with E-state index in [0.29, 0.717) is 0 Å². The van der Waals surface area contributed by atoms with Gasteiger partial charge in [0, 0.05) is 9.40 Å². The molecule has 2 aromatic rings. The maximum absolute atomic E-state index is 11.5. The van der Waals surface area contributed by atoms with Crippen LogP contribution >= 0.6 is 22.7 Å². The van der Waals surface area contributed by atoms with E-state index in [-0.39, 0.29) is 0 Å². The van der Waals surface area contributed by atoms with Gasteiger partial charge in [0.15, 0.2) is 0 Å². The van der Waals surface area contributed by atoms with E-state index in [1.54, 1.807) is 22.7 Å². The second-order valence-corrected chi connectivity index (χ2v) is 6.42. The van der Waals surface area contributed by atoms with Crippen molar-refractivity contribution in [3.8, 4) is 0 Å². The summed E-state index contributed by atoms with van der Waals surface area (Å²) in [6.07, 6.45) is -0.401. The SMILES string of the molecule is CC(C)(C)OC(=O)Nc1cc2sccc2s1. The van der Waals surface area contributed by atoms with Crippen LogP contribution in [0, 0.1) is 0 Å². The smallest absolute Gasteiger partial charge is 0.412 e. The molecule has 3 nitrogen and oxygen atoms in total. The lowest BCUT2D eigenvalue weighted by Gasteiger charge is -2.19. The second kappa shape index (κ2) is 4.07. The Morgan fingerprint density at radius 3 is 2.75 bits per heavy atom. The quantitative estimate of drug-likeness (QED) is 0.824. The third-order valence-corrected chi connectivity index (χ3v) is 3.77. The molecule has 0 atom stereocenters. The number of thiophene rings is 2. The zero-order valence-corrected chi connectivity index (χ0v) is 11.0. The molecule has 0 fully saturated rings. The highest BCUT2D eigenvalue weighted by Gasteiger charge is 2.16. The molecule has 0 aliphatic heterocycles. The summed E-state index contributed by atoms with van der Waals surface area (Å²) in [5, 5.41) is 5.61. The molecule has 2 rings (SSSR count). The average molecular weight is 255 g/mol. The molecule has 1 amide bonds. The number of hydrogen-bond donors (Lipinski definition) is 1. The van der Waals surface area contributed by atoms with E-state index in [0.717, 1.165) is 5.00 Å². The first-order chi connectivity index (χ1) is 7.44. The summed E-state index contributed by atoms with van der Waals surface area (Å²) in [5.74, 6) is 0. The highest BCUT2D eigenvalue weighted by atomic mass is 32.1. The number of rotatable bonds is 1. The van der Waals surface area contributed by atoms with Crippen LogP contribution in [0.25, 0.3) is 9.40 Å². The highest BCUT2D eigenvalue weighted by Crippen LogP contribution is 2.33. The van der Waals surface area contributed by atoms with Crippen LogP contribution in [0.4, 0.5) is 9.80 Å². The van der Waals surface area contributed by atoms with Crippen molar-refractivity contribution in [3.63, 3.8) is 0 Å². The summed E-state index contributed by atoms with van der Waals surface area (Å²) < 4.78 is 7.56.